The van der Waals surface area contributed by atoms with Crippen molar-refractivity contribution >= 4 is 25.8 Å². The first-order valence-corrected chi connectivity index (χ1v) is 7.73. The fourth-order valence-electron chi connectivity index (χ4n) is 2.13. The Morgan fingerprint density at radius 3 is 2.38 bits per heavy atom. The molecule has 21 heavy (non-hydrogen) atoms. The van der Waals surface area contributed by atoms with Gasteiger partial charge in [0.15, 0.2) is 0 Å². The zero-order valence-corrected chi connectivity index (χ0v) is 14.2. The van der Waals surface area contributed by atoms with Gasteiger partial charge in [0.25, 0.3) is 0 Å². The quantitative estimate of drug-likeness (QED) is 0.680. The summed E-state index contributed by atoms with van der Waals surface area (Å²) in [5.41, 5.74) is 1.38. The minimum Gasteiger partial charge on any atom is -0.497 e. The molecule has 0 radical (unpaired) electrons. The van der Waals surface area contributed by atoms with Crippen LogP contribution in [0.4, 0.5) is 0 Å². The lowest BCUT2D eigenvalue weighted by molar-refractivity contribution is 0.00578. The van der Waals surface area contributed by atoms with E-state index in [-0.39, 0.29) is 18.3 Å². The summed E-state index contributed by atoms with van der Waals surface area (Å²) < 4.78 is 17.4. The standard InChI is InChI=1S/C16H23BO3S/c1-15(2)16(3,4)20-17(19-15)13(11-21)9-12-7-6-8-14(10-12)18-5/h6-10,21H,11H2,1-5H3. The Balaban J connectivity index is 2.26. The zero-order chi connectivity index (χ0) is 15.7. The second-order valence-corrected chi connectivity index (χ2v) is 6.56. The molecule has 0 spiro atoms. The van der Waals surface area contributed by atoms with Crippen LogP contribution in [-0.2, 0) is 9.31 Å². The Morgan fingerprint density at radius 1 is 1.24 bits per heavy atom. The van der Waals surface area contributed by atoms with E-state index in [2.05, 4.69) is 46.4 Å². The molecular formula is C16H23BO3S. The van der Waals surface area contributed by atoms with Crippen LogP contribution < -0.4 is 4.74 Å². The highest BCUT2D eigenvalue weighted by Crippen LogP contribution is 2.39. The van der Waals surface area contributed by atoms with Crippen LogP contribution in [0.1, 0.15) is 33.3 Å². The van der Waals surface area contributed by atoms with Crippen LogP contribution in [-0.4, -0.2) is 31.2 Å². The van der Waals surface area contributed by atoms with Crippen molar-refractivity contribution in [3.63, 3.8) is 0 Å². The van der Waals surface area contributed by atoms with E-state index >= 15 is 0 Å². The topological polar surface area (TPSA) is 27.7 Å². The van der Waals surface area contributed by atoms with E-state index in [0.717, 1.165) is 16.8 Å². The molecule has 1 fully saturated rings. The van der Waals surface area contributed by atoms with Crippen LogP contribution >= 0.6 is 12.6 Å². The SMILES string of the molecule is COc1cccc(C=C(CS)B2OC(C)(C)C(C)(C)O2)c1. The molecular weight excluding hydrogens is 283 g/mol. The maximum atomic E-state index is 6.08. The lowest BCUT2D eigenvalue weighted by Gasteiger charge is -2.32. The summed E-state index contributed by atoms with van der Waals surface area (Å²) in [6.45, 7) is 8.20. The second-order valence-electron chi connectivity index (χ2n) is 6.24. The highest BCUT2D eigenvalue weighted by molar-refractivity contribution is 7.80. The molecule has 0 unspecified atom stereocenters. The van der Waals surface area contributed by atoms with Crippen LogP contribution in [0.3, 0.4) is 0 Å². The fourth-order valence-corrected chi connectivity index (χ4v) is 2.37. The van der Waals surface area contributed by atoms with Gasteiger partial charge in [-0.25, -0.2) is 0 Å². The van der Waals surface area contributed by atoms with Crippen LogP contribution in [0.2, 0.25) is 0 Å². The van der Waals surface area contributed by atoms with Crippen molar-refractivity contribution in [2.24, 2.45) is 0 Å². The summed E-state index contributed by atoms with van der Waals surface area (Å²) in [4.78, 5) is 0. The van der Waals surface area contributed by atoms with Crippen molar-refractivity contribution < 1.29 is 14.0 Å². The molecule has 1 aliphatic rings. The van der Waals surface area contributed by atoms with Crippen LogP contribution in [0, 0.1) is 0 Å². The molecule has 5 heteroatoms. The first-order chi connectivity index (χ1) is 9.79. The second kappa shape index (κ2) is 6.07. The van der Waals surface area contributed by atoms with Gasteiger partial charge in [0.05, 0.1) is 18.3 Å². The number of hydrogen-bond acceptors (Lipinski definition) is 4. The molecule has 1 aliphatic heterocycles. The zero-order valence-electron chi connectivity index (χ0n) is 13.3. The van der Waals surface area contributed by atoms with Crippen molar-refractivity contribution in [2.75, 3.05) is 12.9 Å². The Labute approximate surface area is 133 Å². The van der Waals surface area contributed by atoms with Crippen LogP contribution in [0.25, 0.3) is 6.08 Å². The largest absolute Gasteiger partial charge is 0.497 e. The van der Waals surface area contributed by atoms with Gasteiger partial charge in [0.1, 0.15) is 5.75 Å². The Morgan fingerprint density at radius 2 is 1.86 bits per heavy atom. The molecule has 0 aromatic heterocycles. The average molecular weight is 306 g/mol. The first-order valence-electron chi connectivity index (χ1n) is 7.10. The summed E-state index contributed by atoms with van der Waals surface area (Å²) in [5.74, 6) is 1.41. The van der Waals surface area contributed by atoms with Crippen molar-refractivity contribution in [3.05, 3.63) is 35.3 Å². The van der Waals surface area contributed by atoms with E-state index in [1.807, 2.05) is 24.3 Å². The summed E-state index contributed by atoms with van der Waals surface area (Å²) in [6, 6.07) is 7.89. The first kappa shape index (κ1) is 16.5. The van der Waals surface area contributed by atoms with Gasteiger partial charge in [0, 0.05) is 5.75 Å². The summed E-state index contributed by atoms with van der Waals surface area (Å²) in [6.07, 6.45) is 2.05. The van der Waals surface area contributed by atoms with Crippen LogP contribution in [0.15, 0.2) is 29.7 Å². The van der Waals surface area contributed by atoms with Crippen molar-refractivity contribution in [3.8, 4) is 5.75 Å². The number of methoxy groups -OCH3 is 1. The van der Waals surface area contributed by atoms with Gasteiger partial charge in [-0.3, -0.25) is 0 Å². The molecule has 0 amide bonds. The normalized spacial score (nSPS) is 20.7. The number of hydrogen-bond donors (Lipinski definition) is 1. The maximum Gasteiger partial charge on any atom is 0.491 e. The molecule has 3 nitrogen and oxygen atoms in total. The molecule has 0 atom stereocenters. The molecule has 0 bridgehead atoms. The van der Waals surface area contributed by atoms with E-state index < -0.39 is 0 Å². The van der Waals surface area contributed by atoms with E-state index in [4.69, 9.17) is 14.0 Å². The molecule has 0 N–H and O–H groups in total. The average Bonchev–Trinajstić information content (AvgIpc) is 2.65. The van der Waals surface area contributed by atoms with E-state index in [0.29, 0.717) is 5.75 Å². The third kappa shape index (κ3) is 3.47. The summed E-state index contributed by atoms with van der Waals surface area (Å²) >= 11 is 4.42. The highest BCUT2D eigenvalue weighted by atomic mass is 32.1. The predicted molar refractivity (Wildman–Crippen MR) is 90.9 cm³/mol. The third-order valence-electron chi connectivity index (χ3n) is 4.18. The molecule has 1 saturated heterocycles. The van der Waals surface area contributed by atoms with Gasteiger partial charge in [0.2, 0.25) is 0 Å². The molecule has 1 aromatic rings. The Kier molecular flexibility index (Phi) is 4.76. The summed E-state index contributed by atoms with van der Waals surface area (Å²) in [7, 11) is 1.30. The molecule has 114 valence electrons. The van der Waals surface area contributed by atoms with Crippen molar-refractivity contribution in [1.29, 1.82) is 0 Å². The predicted octanol–water partition coefficient (Wildman–Crippen LogP) is 3.64. The Bertz CT molecular complexity index is 524. The van der Waals surface area contributed by atoms with E-state index in [9.17, 15) is 0 Å². The van der Waals surface area contributed by atoms with Gasteiger partial charge in [-0.1, -0.05) is 18.2 Å². The van der Waals surface area contributed by atoms with Gasteiger partial charge in [-0.05, 0) is 50.9 Å². The smallest absolute Gasteiger partial charge is 0.491 e. The Hall–Kier alpha value is -0.905. The lowest BCUT2D eigenvalue weighted by atomic mass is 9.78. The molecule has 1 heterocycles. The minimum atomic E-state index is -0.362. The summed E-state index contributed by atoms with van der Waals surface area (Å²) in [5, 5.41) is 0. The van der Waals surface area contributed by atoms with Gasteiger partial charge < -0.3 is 14.0 Å². The fraction of sp³-hybridized carbons (Fsp3) is 0.500. The lowest BCUT2D eigenvalue weighted by Crippen LogP contribution is -2.41. The monoisotopic (exact) mass is 306 g/mol. The number of benzene rings is 1. The number of thiol groups is 1. The molecule has 0 aliphatic carbocycles. The van der Waals surface area contributed by atoms with Gasteiger partial charge in [-0.2, -0.15) is 12.6 Å². The molecule has 0 saturated carbocycles. The third-order valence-corrected chi connectivity index (χ3v) is 4.55. The molecule has 1 aromatic carbocycles. The van der Waals surface area contributed by atoms with Gasteiger partial charge in [-0.15, -0.1) is 0 Å². The molecule has 2 rings (SSSR count). The van der Waals surface area contributed by atoms with E-state index in [1.165, 1.54) is 0 Å². The van der Waals surface area contributed by atoms with E-state index in [1.54, 1.807) is 7.11 Å². The maximum absolute atomic E-state index is 6.08. The number of rotatable bonds is 4. The number of ether oxygens (including phenoxy) is 1. The van der Waals surface area contributed by atoms with Crippen LogP contribution in [0.5, 0.6) is 5.75 Å². The van der Waals surface area contributed by atoms with Crippen molar-refractivity contribution in [1.82, 2.24) is 0 Å². The van der Waals surface area contributed by atoms with Gasteiger partial charge >= 0.3 is 7.12 Å². The minimum absolute atomic E-state index is 0.339. The van der Waals surface area contributed by atoms with Crippen molar-refractivity contribution in [2.45, 2.75) is 38.9 Å². The highest BCUT2D eigenvalue weighted by Gasteiger charge is 2.52.